The SMILES string of the molecule is CC1CN(CC2CCN(C(=O)[C@@H]3CCC[C@@H]3CN)CC2)CC(C)O1. The van der Waals surface area contributed by atoms with Gasteiger partial charge in [0.05, 0.1) is 12.2 Å². The van der Waals surface area contributed by atoms with Gasteiger partial charge >= 0.3 is 0 Å². The number of nitrogens with zero attached hydrogens (tertiary/aromatic N) is 2. The zero-order valence-electron chi connectivity index (χ0n) is 15.5. The zero-order valence-corrected chi connectivity index (χ0v) is 15.5. The van der Waals surface area contributed by atoms with Crippen molar-refractivity contribution >= 4 is 5.91 Å². The van der Waals surface area contributed by atoms with Crippen LogP contribution in [0.5, 0.6) is 0 Å². The van der Waals surface area contributed by atoms with E-state index in [1.807, 2.05) is 0 Å². The molecule has 3 fully saturated rings. The molecule has 2 saturated heterocycles. The number of rotatable bonds is 4. The van der Waals surface area contributed by atoms with Crippen LogP contribution in [0.4, 0.5) is 0 Å². The number of ether oxygens (including phenoxy) is 1. The van der Waals surface area contributed by atoms with E-state index in [2.05, 4.69) is 23.6 Å². The van der Waals surface area contributed by atoms with E-state index < -0.39 is 0 Å². The summed E-state index contributed by atoms with van der Waals surface area (Å²) >= 11 is 0. The van der Waals surface area contributed by atoms with Gasteiger partial charge in [-0.3, -0.25) is 9.69 Å². The van der Waals surface area contributed by atoms with E-state index in [-0.39, 0.29) is 5.92 Å². The second-order valence-electron chi connectivity index (χ2n) is 8.28. The van der Waals surface area contributed by atoms with Crippen LogP contribution < -0.4 is 5.73 Å². The standard InChI is InChI=1S/C19H35N3O2/c1-14-11-21(12-15(2)24-14)13-16-6-8-22(9-7-16)19(23)18-5-3-4-17(18)10-20/h14-18H,3-13,20H2,1-2H3/t14?,15?,17-,18-/m1/s1. The predicted molar refractivity (Wildman–Crippen MR) is 95.6 cm³/mol. The van der Waals surface area contributed by atoms with Gasteiger partial charge in [-0.2, -0.15) is 0 Å². The first-order valence-electron chi connectivity index (χ1n) is 9.93. The minimum atomic E-state index is 0.201. The Bertz CT molecular complexity index is 413. The Hall–Kier alpha value is -0.650. The van der Waals surface area contributed by atoms with Gasteiger partial charge in [-0.15, -0.1) is 0 Å². The molecule has 24 heavy (non-hydrogen) atoms. The van der Waals surface area contributed by atoms with Gasteiger partial charge in [0.25, 0.3) is 0 Å². The van der Waals surface area contributed by atoms with Crippen molar-refractivity contribution in [3.05, 3.63) is 0 Å². The molecule has 4 atom stereocenters. The molecule has 0 radical (unpaired) electrons. The number of hydrogen-bond acceptors (Lipinski definition) is 4. The van der Waals surface area contributed by atoms with Gasteiger partial charge in [-0.25, -0.2) is 0 Å². The van der Waals surface area contributed by atoms with Crippen LogP contribution in [-0.2, 0) is 9.53 Å². The van der Waals surface area contributed by atoms with Crippen LogP contribution in [0.2, 0.25) is 0 Å². The van der Waals surface area contributed by atoms with Gasteiger partial charge in [0.2, 0.25) is 5.91 Å². The van der Waals surface area contributed by atoms with E-state index in [9.17, 15) is 4.79 Å². The van der Waals surface area contributed by atoms with E-state index in [1.165, 1.54) is 6.42 Å². The van der Waals surface area contributed by atoms with Gasteiger partial charge < -0.3 is 15.4 Å². The average molecular weight is 338 g/mol. The van der Waals surface area contributed by atoms with Crippen LogP contribution in [0.25, 0.3) is 0 Å². The van der Waals surface area contributed by atoms with Crippen molar-refractivity contribution in [3.63, 3.8) is 0 Å². The van der Waals surface area contributed by atoms with Crippen LogP contribution in [0, 0.1) is 17.8 Å². The van der Waals surface area contributed by atoms with E-state index >= 15 is 0 Å². The number of likely N-dealkylation sites (tertiary alicyclic amines) is 1. The van der Waals surface area contributed by atoms with Crippen molar-refractivity contribution in [1.29, 1.82) is 0 Å². The molecular weight excluding hydrogens is 302 g/mol. The summed E-state index contributed by atoms with van der Waals surface area (Å²) in [5.74, 6) is 1.73. The summed E-state index contributed by atoms with van der Waals surface area (Å²) in [5.41, 5.74) is 5.85. The summed E-state index contributed by atoms with van der Waals surface area (Å²) in [4.78, 5) is 17.5. The molecule has 1 aliphatic carbocycles. The summed E-state index contributed by atoms with van der Waals surface area (Å²) in [6.07, 6.45) is 6.32. The largest absolute Gasteiger partial charge is 0.373 e. The minimum absolute atomic E-state index is 0.201. The Morgan fingerprint density at radius 2 is 1.75 bits per heavy atom. The van der Waals surface area contributed by atoms with Crippen molar-refractivity contribution < 1.29 is 9.53 Å². The number of morpholine rings is 1. The lowest BCUT2D eigenvalue weighted by Crippen LogP contribution is -2.49. The third kappa shape index (κ3) is 4.30. The molecule has 2 unspecified atom stereocenters. The number of nitrogens with two attached hydrogens (primary N) is 1. The molecule has 3 aliphatic rings. The highest BCUT2D eigenvalue weighted by Crippen LogP contribution is 2.33. The molecule has 0 spiro atoms. The highest BCUT2D eigenvalue weighted by Gasteiger charge is 2.36. The minimum Gasteiger partial charge on any atom is -0.373 e. The first-order valence-corrected chi connectivity index (χ1v) is 9.93. The maximum atomic E-state index is 12.8. The van der Waals surface area contributed by atoms with Gasteiger partial charge in [0, 0.05) is 38.6 Å². The van der Waals surface area contributed by atoms with Crippen LogP contribution in [-0.4, -0.2) is 67.2 Å². The molecule has 0 aromatic carbocycles. The Kier molecular flexibility index (Phi) is 6.17. The van der Waals surface area contributed by atoms with Crippen molar-refractivity contribution in [3.8, 4) is 0 Å². The zero-order chi connectivity index (χ0) is 17.1. The van der Waals surface area contributed by atoms with E-state index in [0.717, 1.165) is 64.3 Å². The third-order valence-corrected chi connectivity index (χ3v) is 6.22. The maximum Gasteiger partial charge on any atom is 0.226 e. The van der Waals surface area contributed by atoms with Crippen molar-refractivity contribution in [2.75, 3.05) is 39.3 Å². The summed E-state index contributed by atoms with van der Waals surface area (Å²) < 4.78 is 5.83. The summed E-state index contributed by atoms with van der Waals surface area (Å²) in [6, 6.07) is 0. The second-order valence-corrected chi connectivity index (χ2v) is 8.28. The lowest BCUT2D eigenvalue weighted by atomic mass is 9.91. The Morgan fingerprint density at radius 1 is 1.08 bits per heavy atom. The molecule has 2 N–H and O–H groups in total. The molecule has 5 heteroatoms. The molecule has 3 rings (SSSR count). The lowest BCUT2D eigenvalue weighted by molar-refractivity contribution is -0.138. The van der Waals surface area contributed by atoms with Crippen LogP contribution in [0.15, 0.2) is 0 Å². The fourth-order valence-electron chi connectivity index (χ4n) is 5.01. The quantitative estimate of drug-likeness (QED) is 0.848. The number of amides is 1. The molecule has 2 heterocycles. The molecular formula is C19H35N3O2. The van der Waals surface area contributed by atoms with Gasteiger partial charge in [0.1, 0.15) is 0 Å². The number of carbonyl (C=O) groups excluding carboxylic acids is 1. The smallest absolute Gasteiger partial charge is 0.226 e. The fraction of sp³-hybridized carbons (Fsp3) is 0.947. The molecule has 0 bridgehead atoms. The van der Waals surface area contributed by atoms with E-state index in [1.54, 1.807) is 0 Å². The Morgan fingerprint density at radius 3 is 2.38 bits per heavy atom. The second kappa shape index (κ2) is 8.15. The Labute approximate surface area is 146 Å². The molecule has 1 amide bonds. The lowest BCUT2D eigenvalue weighted by Gasteiger charge is -2.40. The monoisotopic (exact) mass is 337 g/mol. The first-order chi connectivity index (χ1) is 11.6. The summed E-state index contributed by atoms with van der Waals surface area (Å²) in [7, 11) is 0. The summed E-state index contributed by atoms with van der Waals surface area (Å²) in [6.45, 7) is 10.1. The third-order valence-electron chi connectivity index (χ3n) is 6.22. The fourth-order valence-corrected chi connectivity index (χ4v) is 5.01. The maximum absolute atomic E-state index is 12.8. The molecule has 0 aromatic heterocycles. The van der Waals surface area contributed by atoms with Crippen LogP contribution in [0.1, 0.15) is 46.0 Å². The number of piperidine rings is 1. The van der Waals surface area contributed by atoms with Gasteiger partial charge in [-0.05, 0) is 57.9 Å². The Balaban J connectivity index is 1.44. The highest BCUT2D eigenvalue weighted by molar-refractivity contribution is 5.79. The molecule has 0 aromatic rings. The van der Waals surface area contributed by atoms with Crippen molar-refractivity contribution in [2.45, 2.75) is 58.2 Å². The highest BCUT2D eigenvalue weighted by atomic mass is 16.5. The molecule has 1 saturated carbocycles. The topological polar surface area (TPSA) is 58.8 Å². The first kappa shape index (κ1) is 18.2. The van der Waals surface area contributed by atoms with Crippen molar-refractivity contribution in [1.82, 2.24) is 9.80 Å². The number of carbonyl (C=O) groups is 1. The molecule has 5 nitrogen and oxygen atoms in total. The van der Waals surface area contributed by atoms with Crippen molar-refractivity contribution in [2.24, 2.45) is 23.5 Å². The van der Waals surface area contributed by atoms with Crippen LogP contribution >= 0.6 is 0 Å². The number of hydrogen-bond donors (Lipinski definition) is 1. The van der Waals surface area contributed by atoms with Gasteiger partial charge in [0.15, 0.2) is 0 Å². The van der Waals surface area contributed by atoms with E-state index in [0.29, 0.717) is 30.6 Å². The molecule has 2 aliphatic heterocycles. The van der Waals surface area contributed by atoms with Gasteiger partial charge in [-0.1, -0.05) is 6.42 Å². The normalized spacial score (nSPS) is 36.2. The summed E-state index contributed by atoms with van der Waals surface area (Å²) in [5, 5.41) is 0. The molecule has 138 valence electrons. The van der Waals surface area contributed by atoms with Crippen LogP contribution in [0.3, 0.4) is 0 Å². The average Bonchev–Trinajstić information content (AvgIpc) is 3.02. The van der Waals surface area contributed by atoms with E-state index in [4.69, 9.17) is 10.5 Å². The predicted octanol–water partition coefficient (Wildman–Crippen LogP) is 1.71.